The van der Waals surface area contributed by atoms with E-state index in [1.54, 1.807) is 0 Å². The summed E-state index contributed by atoms with van der Waals surface area (Å²) >= 11 is 0. The molecule has 0 fully saturated rings. The van der Waals surface area contributed by atoms with E-state index < -0.39 is 0 Å². The topological polar surface area (TPSA) is 28.2 Å². The molecule has 0 unspecified atom stereocenters. The minimum absolute atomic E-state index is 0. The number of rotatable bonds is 2. The fraction of sp³-hybridized carbons (Fsp3) is 0.214. The van der Waals surface area contributed by atoms with Gasteiger partial charge in [-0.1, -0.05) is 18.2 Å². The zero-order valence-electron chi connectivity index (χ0n) is 10.9. The molecule has 110 valence electrons. The first kappa shape index (κ1) is 18.8. The molecule has 1 aliphatic heterocycles. The summed E-state index contributed by atoms with van der Waals surface area (Å²) in [6, 6.07) is 12.6. The van der Waals surface area contributed by atoms with Gasteiger partial charge in [0.05, 0.1) is 11.4 Å². The highest BCUT2D eigenvalue weighted by molar-refractivity contribution is 5.86. The van der Waals surface area contributed by atoms with E-state index in [0.29, 0.717) is 0 Å². The smallest absolute Gasteiger partial charge is 0.0605 e. The molecule has 1 aromatic carbocycles. The summed E-state index contributed by atoms with van der Waals surface area (Å²) in [6.45, 7) is 2.95. The van der Waals surface area contributed by atoms with Crippen LogP contribution in [0.15, 0.2) is 48.8 Å². The normalized spacial score (nSPS) is 11.9. The van der Waals surface area contributed by atoms with Gasteiger partial charge in [0.2, 0.25) is 0 Å². The Labute approximate surface area is 138 Å². The number of anilines is 2. The first-order chi connectivity index (χ1) is 8.43. The number of hydrogen-bond acceptors (Lipinski definition) is 3. The first-order valence-corrected chi connectivity index (χ1v) is 5.90. The van der Waals surface area contributed by atoms with Crippen molar-refractivity contribution in [3.8, 4) is 0 Å². The predicted octanol–water partition coefficient (Wildman–Crippen LogP) is 3.78. The molecule has 1 aliphatic rings. The summed E-state index contributed by atoms with van der Waals surface area (Å²) in [7, 11) is 0. The summed E-state index contributed by atoms with van der Waals surface area (Å²) in [4.78, 5) is 6.56. The molecule has 0 amide bonds. The van der Waals surface area contributed by atoms with Gasteiger partial charge in [0.15, 0.2) is 0 Å². The highest BCUT2D eigenvalue weighted by atomic mass is 35.5. The van der Waals surface area contributed by atoms with Crippen LogP contribution in [0.25, 0.3) is 0 Å². The minimum atomic E-state index is 0. The molecular formula is C14H18Cl3N3. The van der Waals surface area contributed by atoms with Crippen LogP contribution in [0.4, 0.5) is 11.4 Å². The lowest BCUT2D eigenvalue weighted by Crippen LogP contribution is -2.33. The van der Waals surface area contributed by atoms with E-state index in [9.17, 15) is 0 Å². The lowest BCUT2D eigenvalue weighted by Gasteiger charge is -2.32. The maximum atomic E-state index is 4.16. The summed E-state index contributed by atoms with van der Waals surface area (Å²) in [5.74, 6) is 0. The Bertz CT molecular complexity index is 508. The van der Waals surface area contributed by atoms with E-state index in [-0.39, 0.29) is 37.2 Å². The molecule has 20 heavy (non-hydrogen) atoms. The van der Waals surface area contributed by atoms with Crippen LogP contribution < -0.4 is 10.2 Å². The van der Waals surface area contributed by atoms with Crippen LogP contribution in [0.5, 0.6) is 0 Å². The SMILES string of the molecule is Cl.Cl.Cl.c1cncc(CN2CCNc3ccccc32)c1. The lowest BCUT2D eigenvalue weighted by atomic mass is 10.1. The number of aromatic nitrogens is 1. The maximum Gasteiger partial charge on any atom is 0.0605 e. The molecular weight excluding hydrogens is 317 g/mol. The number of fused-ring (bicyclic) bond motifs is 1. The highest BCUT2D eigenvalue weighted by Crippen LogP contribution is 2.29. The molecule has 1 aromatic heterocycles. The second kappa shape index (κ2) is 8.90. The molecule has 6 heteroatoms. The van der Waals surface area contributed by atoms with Crippen molar-refractivity contribution in [3.63, 3.8) is 0 Å². The number of pyridine rings is 1. The maximum absolute atomic E-state index is 4.16. The van der Waals surface area contributed by atoms with Crippen molar-refractivity contribution in [2.24, 2.45) is 0 Å². The Morgan fingerprint density at radius 1 is 1.05 bits per heavy atom. The third-order valence-electron chi connectivity index (χ3n) is 3.04. The Morgan fingerprint density at radius 2 is 1.85 bits per heavy atom. The second-order valence-corrected chi connectivity index (χ2v) is 4.23. The molecule has 3 nitrogen and oxygen atoms in total. The van der Waals surface area contributed by atoms with Crippen molar-refractivity contribution >= 4 is 48.6 Å². The largest absolute Gasteiger partial charge is 0.382 e. The van der Waals surface area contributed by atoms with Gasteiger partial charge in [0, 0.05) is 32.0 Å². The van der Waals surface area contributed by atoms with Gasteiger partial charge in [0.1, 0.15) is 0 Å². The Hall–Kier alpha value is -1.16. The summed E-state index contributed by atoms with van der Waals surface area (Å²) in [6.07, 6.45) is 3.75. The average Bonchev–Trinajstić information content (AvgIpc) is 2.40. The van der Waals surface area contributed by atoms with Crippen molar-refractivity contribution < 1.29 is 0 Å². The summed E-state index contributed by atoms with van der Waals surface area (Å²) in [5, 5.41) is 3.42. The summed E-state index contributed by atoms with van der Waals surface area (Å²) in [5.41, 5.74) is 3.76. The second-order valence-electron chi connectivity index (χ2n) is 4.23. The zero-order chi connectivity index (χ0) is 11.5. The monoisotopic (exact) mass is 333 g/mol. The van der Waals surface area contributed by atoms with Gasteiger partial charge in [-0.15, -0.1) is 37.2 Å². The van der Waals surface area contributed by atoms with E-state index in [0.717, 1.165) is 19.6 Å². The number of nitrogens with zero attached hydrogens (tertiary/aromatic N) is 2. The van der Waals surface area contributed by atoms with E-state index in [4.69, 9.17) is 0 Å². The fourth-order valence-electron chi connectivity index (χ4n) is 2.22. The quantitative estimate of drug-likeness (QED) is 0.906. The number of benzene rings is 1. The van der Waals surface area contributed by atoms with Crippen LogP contribution in [0, 0.1) is 0 Å². The van der Waals surface area contributed by atoms with Gasteiger partial charge < -0.3 is 10.2 Å². The summed E-state index contributed by atoms with van der Waals surface area (Å²) < 4.78 is 0. The van der Waals surface area contributed by atoms with E-state index >= 15 is 0 Å². The molecule has 0 bridgehead atoms. The molecule has 0 aliphatic carbocycles. The van der Waals surface area contributed by atoms with Crippen molar-refractivity contribution in [1.29, 1.82) is 0 Å². The molecule has 1 N–H and O–H groups in total. The zero-order valence-corrected chi connectivity index (χ0v) is 13.3. The predicted molar refractivity (Wildman–Crippen MR) is 92.0 cm³/mol. The van der Waals surface area contributed by atoms with Gasteiger partial charge in [-0.05, 0) is 23.8 Å². The molecule has 0 saturated carbocycles. The fourth-order valence-corrected chi connectivity index (χ4v) is 2.22. The molecule has 0 radical (unpaired) electrons. The standard InChI is InChI=1S/C14H15N3.3ClH/c1-2-6-14-13(5-1)16-8-9-17(14)11-12-4-3-7-15-10-12;;;/h1-7,10,16H,8-9,11H2;3*1H. The highest BCUT2D eigenvalue weighted by Gasteiger charge is 2.15. The van der Waals surface area contributed by atoms with Gasteiger partial charge in [-0.25, -0.2) is 0 Å². The molecule has 2 heterocycles. The third kappa shape index (κ3) is 4.17. The Balaban J connectivity index is 0.00000120. The Kier molecular flexibility index (Phi) is 8.39. The van der Waals surface area contributed by atoms with Gasteiger partial charge in [-0.3, -0.25) is 4.98 Å². The molecule has 0 atom stereocenters. The van der Waals surface area contributed by atoms with Gasteiger partial charge in [0.25, 0.3) is 0 Å². The number of nitrogens with one attached hydrogen (secondary N) is 1. The average molecular weight is 335 g/mol. The van der Waals surface area contributed by atoms with Gasteiger partial charge in [-0.2, -0.15) is 0 Å². The Morgan fingerprint density at radius 3 is 2.60 bits per heavy atom. The van der Waals surface area contributed by atoms with Crippen molar-refractivity contribution in [2.75, 3.05) is 23.3 Å². The van der Waals surface area contributed by atoms with Crippen LogP contribution in [0.1, 0.15) is 5.56 Å². The van der Waals surface area contributed by atoms with Crippen LogP contribution in [0.2, 0.25) is 0 Å². The first-order valence-electron chi connectivity index (χ1n) is 5.90. The van der Waals surface area contributed by atoms with Crippen molar-refractivity contribution in [1.82, 2.24) is 4.98 Å². The van der Waals surface area contributed by atoms with Crippen LogP contribution >= 0.6 is 37.2 Å². The van der Waals surface area contributed by atoms with E-state index in [1.807, 2.05) is 18.5 Å². The van der Waals surface area contributed by atoms with Crippen LogP contribution in [0.3, 0.4) is 0 Å². The minimum Gasteiger partial charge on any atom is -0.382 e. The van der Waals surface area contributed by atoms with E-state index in [2.05, 4.69) is 45.5 Å². The lowest BCUT2D eigenvalue weighted by molar-refractivity contribution is 0.785. The number of para-hydroxylation sites is 2. The van der Waals surface area contributed by atoms with Crippen LogP contribution in [-0.2, 0) is 6.54 Å². The molecule has 3 rings (SSSR count). The van der Waals surface area contributed by atoms with E-state index in [1.165, 1.54) is 16.9 Å². The third-order valence-corrected chi connectivity index (χ3v) is 3.04. The molecule has 0 spiro atoms. The van der Waals surface area contributed by atoms with Crippen LogP contribution in [-0.4, -0.2) is 18.1 Å². The van der Waals surface area contributed by atoms with Crippen molar-refractivity contribution in [2.45, 2.75) is 6.54 Å². The van der Waals surface area contributed by atoms with Crippen molar-refractivity contribution in [3.05, 3.63) is 54.4 Å². The van der Waals surface area contributed by atoms with Gasteiger partial charge >= 0.3 is 0 Å². The molecule has 2 aromatic rings. The molecule has 0 saturated heterocycles. The number of halogens is 3. The number of hydrogen-bond donors (Lipinski definition) is 1.